The molecule has 1 saturated heterocycles. The first kappa shape index (κ1) is 12.3. The van der Waals surface area contributed by atoms with Gasteiger partial charge in [0.1, 0.15) is 12.2 Å². The van der Waals surface area contributed by atoms with Gasteiger partial charge in [0.25, 0.3) is 0 Å². The number of hydrogen-bond acceptors (Lipinski definition) is 3. The van der Waals surface area contributed by atoms with E-state index in [0.29, 0.717) is 19.6 Å². The Bertz CT molecular complexity index is 350. The molecule has 1 aliphatic heterocycles. The monoisotopic (exact) mass is 234 g/mol. The summed E-state index contributed by atoms with van der Waals surface area (Å²) in [6.45, 7) is 4.71. The van der Waals surface area contributed by atoms with Crippen LogP contribution >= 0.6 is 0 Å². The minimum atomic E-state index is -0.446. The Morgan fingerprint density at radius 3 is 2.88 bits per heavy atom. The van der Waals surface area contributed by atoms with Crippen LogP contribution in [0.4, 0.5) is 0 Å². The lowest BCUT2D eigenvalue weighted by molar-refractivity contribution is 0.104. The van der Waals surface area contributed by atoms with Gasteiger partial charge >= 0.3 is 0 Å². The molecule has 0 bridgehead atoms. The highest BCUT2D eigenvalue weighted by Gasteiger charge is 2.43. The molecular weight excluding hydrogens is 216 g/mol. The van der Waals surface area contributed by atoms with Gasteiger partial charge in [0, 0.05) is 0 Å². The molecule has 0 spiro atoms. The molecule has 92 valence electrons. The third kappa shape index (κ3) is 3.66. The topological polar surface area (TPSA) is 42.0 Å². The van der Waals surface area contributed by atoms with Crippen molar-refractivity contribution in [1.29, 1.82) is 0 Å². The zero-order valence-corrected chi connectivity index (χ0v) is 9.79. The zero-order valence-electron chi connectivity index (χ0n) is 9.79. The number of benzene rings is 1. The van der Waals surface area contributed by atoms with E-state index in [1.807, 2.05) is 30.3 Å². The van der Waals surface area contributed by atoms with Crippen molar-refractivity contribution in [1.82, 2.24) is 0 Å². The number of aliphatic hydroxyl groups excluding tert-OH is 1. The molecular formula is C14H18O3. The second-order valence-corrected chi connectivity index (χ2v) is 4.23. The maximum atomic E-state index is 9.62. The first-order valence-corrected chi connectivity index (χ1v) is 5.87. The van der Waals surface area contributed by atoms with Gasteiger partial charge in [-0.25, -0.2) is 0 Å². The standard InChI is InChI=1S/C14H18O3/c1-2-6-12(15)14-13(17-14)10-16-9-11-7-4-3-5-8-11/h2-5,7-8,12-15H,1,6,9-10H2/t12-,13-,14+/m0/s1. The predicted molar refractivity (Wildman–Crippen MR) is 65.6 cm³/mol. The summed E-state index contributed by atoms with van der Waals surface area (Å²) in [5, 5.41) is 9.62. The minimum absolute atomic E-state index is 0.0358. The van der Waals surface area contributed by atoms with Gasteiger partial charge in [0.05, 0.1) is 19.3 Å². The summed E-state index contributed by atoms with van der Waals surface area (Å²) in [5.41, 5.74) is 1.15. The number of rotatable bonds is 7. The molecule has 0 amide bonds. The highest BCUT2D eigenvalue weighted by atomic mass is 16.6. The number of ether oxygens (including phenoxy) is 2. The molecule has 17 heavy (non-hydrogen) atoms. The van der Waals surface area contributed by atoms with Crippen molar-refractivity contribution in [2.75, 3.05) is 6.61 Å². The van der Waals surface area contributed by atoms with E-state index in [4.69, 9.17) is 9.47 Å². The predicted octanol–water partition coefficient (Wildman–Crippen LogP) is 1.91. The average molecular weight is 234 g/mol. The summed E-state index contributed by atoms with van der Waals surface area (Å²) >= 11 is 0. The van der Waals surface area contributed by atoms with Crippen LogP contribution in [0, 0.1) is 0 Å². The van der Waals surface area contributed by atoms with E-state index in [0.717, 1.165) is 5.56 Å². The van der Waals surface area contributed by atoms with Crippen LogP contribution in [0.2, 0.25) is 0 Å². The Balaban J connectivity index is 1.63. The summed E-state index contributed by atoms with van der Waals surface area (Å²) in [4.78, 5) is 0. The van der Waals surface area contributed by atoms with Crippen molar-refractivity contribution in [2.24, 2.45) is 0 Å². The summed E-state index contributed by atoms with van der Waals surface area (Å²) < 4.78 is 10.9. The van der Waals surface area contributed by atoms with Gasteiger partial charge in [0.2, 0.25) is 0 Å². The first-order valence-electron chi connectivity index (χ1n) is 5.87. The molecule has 1 N–H and O–H groups in total. The molecule has 0 aliphatic carbocycles. The van der Waals surface area contributed by atoms with Crippen molar-refractivity contribution >= 4 is 0 Å². The van der Waals surface area contributed by atoms with Crippen molar-refractivity contribution in [3.8, 4) is 0 Å². The Morgan fingerprint density at radius 2 is 2.18 bits per heavy atom. The van der Waals surface area contributed by atoms with Gasteiger partial charge in [-0.2, -0.15) is 0 Å². The second-order valence-electron chi connectivity index (χ2n) is 4.23. The van der Waals surface area contributed by atoms with Crippen LogP contribution in [0.25, 0.3) is 0 Å². The number of hydrogen-bond donors (Lipinski definition) is 1. The molecule has 0 radical (unpaired) electrons. The lowest BCUT2D eigenvalue weighted by Crippen LogP contribution is -2.18. The van der Waals surface area contributed by atoms with Crippen molar-refractivity contribution < 1.29 is 14.6 Å². The van der Waals surface area contributed by atoms with Crippen molar-refractivity contribution in [2.45, 2.75) is 31.3 Å². The summed E-state index contributed by atoms with van der Waals surface area (Å²) in [5.74, 6) is 0. The maximum Gasteiger partial charge on any atom is 0.113 e. The van der Waals surface area contributed by atoms with Crippen LogP contribution in [0.1, 0.15) is 12.0 Å². The Kier molecular flexibility index (Phi) is 4.31. The highest BCUT2D eigenvalue weighted by molar-refractivity contribution is 5.13. The maximum absolute atomic E-state index is 9.62. The van der Waals surface area contributed by atoms with Gasteiger partial charge in [-0.1, -0.05) is 36.4 Å². The lowest BCUT2D eigenvalue weighted by Gasteiger charge is -2.04. The normalized spacial score (nSPS) is 24.3. The third-order valence-corrected chi connectivity index (χ3v) is 2.80. The van der Waals surface area contributed by atoms with Gasteiger partial charge < -0.3 is 14.6 Å². The fourth-order valence-electron chi connectivity index (χ4n) is 1.80. The van der Waals surface area contributed by atoms with E-state index >= 15 is 0 Å². The number of epoxide rings is 1. The fourth-order valence-corrected chi connectivity index (χ4v) is 1.80. The highest BCUT2D eigenvalue weighted by Crippen LogP contribution is 2.27. The smallest absolute Gasteiger partial charge is 0.113 e. The molecule has 1 aliphatic rings. The van der Waals surface area contributed by atoms with Crippen molar-refractivity contribution in [3.05, 3.63) is 48.6 Å². The summed E-state index contributed by atoms with van der Waals surface area (Å²) in [6.07, 6.45) is 1.78. The Labute approximate surface area is 102 Å². The largest absolute Gasteiger partial charge is 0.390 e. The molecule has 1 aromatic rings. The molecule has 3 atom stereocenters. The van der Waals surface area contributed by atoms with Crippen LogP contribution < -0.4 is 0 Å². The summed E-state index contributed by atoms with van der Waals surface area (Å²) in [7, 11) is 0. The molecule has 3 nitrogen and oxygen atoms in total. The number of aliphatic hydroxyl groups is 1. The zero-order chi connectivity index (χ0) is 12.1. The van der Waals surface area contributed by atoms with Gasteiger partial charge in [-0.15, -0.1) is 6.58 Å². The molecule has 1 fully saturated rings. The van der Waals surface area contributed by atoms with Gasteiger partial charge in [-0.05, 0) is 12.0 Å². The van der Waals surface area contributed by atoms with Crippen LogP contribution in [0.3, 0.4) is 0 Å². The average Bonchev–Trinajstić information content (AvgIpc) is 3.10. The summed E-state index contributed by atoms with van der Waals surface area (Å²) in [6, 6.07) is 10.0. The van der Waals surface area contributed by atoms with Crippen LogP contribution in [-0.4, -0.2) is 30.0 Å². The quantitative estimate of drug-likeness (QED) is 0.579. The Morgan fingerprint density at radius 1 is 1.41 bits per heavy atom. The minimum Gasteiger partial charge on any atom is -0.390 e. The molecule has 3 heteroatoms. The van der Waals surface area contributed by atoms with E-state index < -0.39 is 6.10 Å². The third-order valence-electron chi connectivity index (χ3n) is 2.80. The van der Waals surface area contributed by atoms with E-state index in [9.17, 15) is 5.11 Å². The van der Waals surface area contributed by atoms with E-state index in [2.05, 4.69) is 6.58 Å². The molecule has 0 saturated carbocycles. The first-order chi connectivity index (χ1) is 8.31. The molecule has 0 unspecified atom stereocenters. The van der Waals surface area contributed by atoms with Crippen LogP contribution in [-0.2, 0) is 16.1 Å². The SMILES string of the molecule is C=CC[C@H](O)[C@H]1O[C@H]1COCc1ccccc1. The molecule has 1 aromatic carbocycles. The Hall–Kier alpha value is -1.16. The van der Waals surface area contributed by atoms with E-state index in [1.165, 1.54) is 0 Å². The van der Waals surface area contributed by atoms with E-state index in [-0.39, 0.29) is 12.2 Å². The van der Waals surface area contributed by atoms with Crippen molar-refractivity contribution in [3.63, 3.8) is 0 Å². The van der Waals surface area contributed by atoms with Gasteiger partial charge in [0.15, 0.2) is 0 Å². The second kappa shape index (κ2) is 5.96. The van der Waals surface area contributed by atoms with Crippen LogP contribution in [0.5, 0.6) is 0 Å². The van der Waals surface area contributed by atoms with Gasteiger partial charge in [-0.3, -0.25) is 0 Å². The fraction of sp³-hybridized carbons (Fsp3) is 0.429. The molecule has 1 heterocycles. The van der Waals surface area contributed by atoms with E-state index in [1.54, 1.807) is 6.08 Å². The lowest BCUT2D eigenvalue weighted by atomic mass is 10.1. The molecule has 2 rings (SSSR count). The molecule has 0 aromatic heterocycles. The van der Waals surface area contributed by atoms with Crippen LogP contribution in [0.15, 0.2) is 43.0 Å².